The van der Waals surface area contributed by atoms with Crippen molar-refractivity contribution in [3.63, 3.8) is 0 Å². The highest BCUT2D eigenvalue weighted by molar-refractivity contribution is 5.46. The molecule has 0 aliphatic heterocycles. The van der Waals surface area contributed by atoms with Crippen molar-refractivity contribution in [3.8, 4) is 0 Å². The van der Waals surface area contributed by atoms with Gasteiger partial charge in [0.2, 0.25) is 0 Å². The highest BCUT2D eigenvalue weighted by atomic mass is 19.1. The number of nitrogens with zero attached hydrogens (tertiary/aromatic N) is 3. The fraction of sp³-hybridized carbons (Fsp3) is 0.556. The van der Waals surface area contributed by atoms with Gasteiger partial charge in [0.1, 0.15) is 5.69 Å². The van der Waals surface area contributed by atoms with Crippen molar-refractivity contribution in [2.24, 2.45) is 0 Å². The normalized spacial score (nSPS) is 11.3. The summed E-state index contributed by atoms with van der Waals surface area (Å²) in [6.45, 7) is 4.20. The van der Waals surface area contributed by atoms with Gasteiger partial charge in [0.05, 0.1) is 18.9 Å². The van der Waals surface area contributed by atoms with Crippen LogP contribution in [0.25, 0.3) is 6.08 Å². The molecule has 0 aliphatic carbocycles. The van der Waals surface area contributed by atoms with E-state index in [4.69, 9.17) is 0 Å². The quantitative estimate of drug-likeness (QED) is 0.713. The van der Waals surface area contributed by atoms with E-state index in [1.165, 1.54) is 0 Å². The summed E-state index contributed by atoms with van der Waals surface area (Å²) in [4.78, 5) is 1.58. The van der Waals surface area contributed by atoms with Gasteiger partial charge in [-0.3, -0.25) is 4.39 Å². The smallest absolute Gasteiger partial charge is 0.108 e. The van der Waals surface area contributed by atoms with E-state index in [0.717, 1.165) is 17.9 Å². The number of aromatic nitrogens is 3. The van der Waals surface area contributed by atoms with E-state index in [0.29, 0.717) is 6.42 Å². The first-order valence-corrected chi connectivity index (χ1v) is 4.44. The number of aryl methyl sites for hydroxylation is 2. The van der Waals surface area contributed by atoms with Crippen molar-refractivity contribution in [1.29, 1.82) is 0 Å². The highest BCUT2D eigenvalue weighted by Crippen LogP contribution is 2.06. The molecule has 4 heteroatoms. The van der Waals surface area contributed by atoms with Crippen molar-refractivity contribution in [2.45, 2.75) is 26.8 Å². The fourth-order valence-electron chi connectivity index (χ4n) is 1.09. The number of hydrogen-bond acceptors (Lipinski definition) is 2. The first-order valence-electron chi connectivity index (χ1n) is 4.44. The second-order valence-electron chi connectivity index (χ2n) is 2.66. The zero-order valence-corrected chi connectivity index (χ0v) is 8.00. The fourth-order valence-corrected chi connectivity index (χ4v) is 1.09. The molecule has 0 N–H and O–H groups in total. The summed E-state index contributed by atoms with van der Waals surface area (Å²) >= 11 is 0. The van der Waals surface area contributed by atoms with Crippen LogP contribution < -0.4 is 0 Å². The van der Waals surface area contributed by atoms with Crippen LogP contribution >= 0.6 is 0 Å². The Labute approximate surface area is 77.3 Å². The molecule has 0 bridgehead atoms. The van der Waals surface area contributed by atoms with Gasteiger partial charge in [-0.1, -0.05) is 6.08 Å². The maximum absolute atomic E-state index is 12.1. The Morgan fingerprint density at radius 2 is 2.23 bits per heavy atom. The first kappa shape index (κ1) is 9.89. The maximum atomic E-state index is 12.1. The van der Waals surface area contributed by atoms with Gasteiger partial charge in [0.15, 0.2) is 0 Å². The molecule has 0 fully saturated rings. The zero-order chi connectivity index (χ0) is 9.68. The van der Waals surface area contributed by atoms with Crippen molar-refractivity contribution in [3.05, 3.63) is 17.5 Å². The highest BCUT2D eigenvalue weighted by Gasteiger charge is 2.06. The molecule has 0 aromatic carbocycles. The van der Waals surface area contributed by atoms with Crippen molar-refractivity contribution in [2.75, 3.05) is 6.67 Å². The van der Waals surface area contributed by atoms with Gasteiger partial charge in [-0.2, -0.15) is 15.0 Å². The van der Waals surface area contributed by atoms with Gasteiger partial charge >= 0.3 is 0 Å². The van der Waals surface area contributed by atoms with E-state index in [1.54, 1.807) is 4.80 Å². The van der Waals surface area contributed by atoms with E-state index < -0.39 is 0 Å². The molecule has 0 aliphatic rings. The number of halogens is 1. The molecule has 1 aromatic rings. The van der Waals surface area contributed by atoms with Crippen LogP contribution in [0.2, 0.25) is 0 Å². The van der Waals surface area contributed by atoms with Gasteiger partial charge < -0.3 is 0 Å². The Kier molecular flexibility index (Phi) is 3.61. The topological polar surface area (TPSA) is 30.7 Å². The molecule has 0 spiro atoms. The average molecular weight is 183 g/mol. The van der Waals surface area contributed by atoms with E-state index in [-0.39, 0.29) is 6.67 Å². The minimum Gasteiger partial charge on any atom is -0.251 e. The second-order valence-corrected chi connectivity index (χ2v) is 2.66. The maximum Gasteiger partial charge on any atom is 0.108 e. The third-order valence-corrected chi connectivity index (χ3v) is 1.69. The zero-order valence-electron chi connectivity index (χ0n) is 8.00. The van der Waals surface area contributed by atoms with Crippen LogP contribution in [0.3, 0.4) is 0 Å². The van der Waals surface area contributed by atoms with Gasteiger partial charge in [-0.05, 0) is 19.9 Å². The lowest BCUT2D eigenvalue weighted by Gasteiger charge is -1.89. The standard InChI is InChI=1S/C9H14FN3/c1-3-5-8-9(6-7-10)12-13(4-2)11-8/h3,5H,4,6-7H2,1-2H3/b5-3-. The second kappa shape index (κ2) is 4.74. The molecular formula is C9H14FN3. The van der Waals surface area contributed by atoms with Crippen LogP contribution in [-0.2, 0) is 13.0 Å². The van der Waals surface area contributed by atoms with Gasteiger partial charge in [-0.25, -0.2) is 0 Å². The lowest BCUT2D eigenvalue weighted by molar-refractivity contribution is 0.486. The lowest BCUT2D eigenvalue weighted by atomic mass is 10.2. The molecule has 3 nitrogen and oxygen atoms in total. The van der Waals surface area contributed by atoms with Crippen LogP contribution in [0.1, 0.15) is 25.2 Å². The third-order valence-electron chi connectivity index (χ3n) is 1.69. The number of hydrogen-bond donors (Lipinski definition) is 0. The van der Waals surface area contributed by atoms with Gasteiger partial charge in [0.25, 0.3) is 0 Å². The van der Waals surface area contributed by atoms with Crippen LogP contribution in [0.5, 0.6) is 0 Å². The molecular weight excluding hydrogens is 169 g/mol. The Hall–Kier alpha value is -1.19. The lowest BCUT2D eigenvalue weighted by Crippen LogP contribution is -1.99. The van der Waals surface area contributed by atoms with Crippen LogP contribution in [0.4, 0.5) is 4.39 Å². The molecule has 1 rings (SSSR count). The average Bonchev–Trinajstić information content (AvgIpc) is 2.50. The molecule has 0 amide bonds. The van der Waals surface area contributed by atoms with Crippen molar-refractivity contribution >= 4 is 6.08 Å². The molecule has 0 saturated heterocycles. The van der Waals surface area contributed by atoms with Gasteiger partial charge in [-0.15, -0.1) is 0 Å². The summed E-state index contributed by atoms with van der Waals surface area (Å²) in [5.41, 5.74) is 1.52. The predicted octanol–water partition coefficient (Wildman–Crippen LogP) is 1.84. The molecule has 1 aromatic heterocycles. The van der Waals surface area contributed by atoms with E-state index in [2.05, 4.69) is 10.2 Å². The molecule has 0 atom stereocenters. The minimum absolute atomic E-state index is 0.347. The van der Waals surface area contributed by atoms with Crippen LogP contribution in [0.15, 0.2) is 6.08 Å². The minimum atomic E-state index is -0.382. The summed E-state index contributed by atoms with van der Waals surface area (Å²) < 4.78 is 12.1. The van der Waals surface area contributed by atoms with Crippen molar-refractivity contribution < 1.29 is 4.39 Å². The number of alkyl halides is 1. The number of rotatable bonds is 4. The van der Waals surface area contributed by atoms with Crippen LogP contribution in [-0.4, -0.2) is 21.7 Å². The summed E-state index contributed by atoms with van der Waals surface area (Å²) in [7, 11) is 0. The Bertz CT molecular complexity index is 291. The summed E-state index contributed by atoms with van der Waals surface area (Å²) in [5, 5.41) is 8.34. The summed E-state index contributed by atoms with van der Waals surface area (Å²) in [5.74, 6) is 0. The number of allylic oxidation sites excluding steroid dienone is 1. The summed E-state index contributed by atoms with van der Waals surface area (Å²) in [6.07, 6.45) is 4.08. The Morgan fingerprint density at radius 3 is 2.77 bits per heavy atom. The molecule has 0 unspecified atom stereocenters. The van der Waals surface area contributed by atoms with E-state index in [1.807, 2.05) is 26.0 Å². The molecule has 1 heterocycles. The predicted molar refractivity (Wildman–Crippen MR) is 50.1 cm³/mol. The molecule has 0 radical (unpaired) electrons. The van der Waals surface area contributed by atoms with E-state index in [9.17, 15) is 4.39 Å². The molecule has 72 valence electrons. The molecule has 0 saturated carbocycles. The van der Waals surface area contributed by atoms with E-state index >= 15 is 0 Å². The SMILES string of the molecule is C/C=C\c1nn(CC)nc1CCF. The largest absolute Gasteiger partial charge is 0.251 e. The van der Waals surface area contributed by atoms with Crippen molar-refractivity contribution in [1.82, 2.24) is 15.0 Å². The first-order chi connectivity index (χ1) is 6.31. The monoisotopic (exact) mass is 183 g/mol. The molecule has 13 heavy (non-hydrogen) atoms. The Balaban J connectivity index is 2.92. The summed E-state index contributed by atoms with van der Waals surface area (Å²) in [6, 6.07) is 0. The van der Waals surface area contributed by atoms with Gasteiger partial charge in [0, 0.05) is 6.42 Å². The Morgan fingerprint density at radius 1 is 1.46 bits per heavy atom. The van der Waals surface area contributed by atoms with Crippen LogP contribution in [0, 0.1) is 0 Å². The third kappa shape index (κ3) is 2.37.